The topological polar surface area (TPSA) is 0 Å². The molecule has 9 aromatic rings. The summed E-state index contributed by atoms with van der Waals surface area (Å²) in [6, 6.07) is 66.5. The molecule has 0 aliphatic carbocycles. The van der Waals surface area contributed by atoms with Crippen molar-refractivity contribution < 1.29 is 0 Å². The summed E-state index contributed by atoms with van der Waals surface area (Å²) < 4.78 is 0. The Labute approximate surface area is 268 Å². The number of fused-ring (bicyclic) bond motifs is 5. The minimum atomic E-state index is 1.22. The number of hydrogen-bond donors (Lipinski definition) is 0. The zero-order valence-corrected chi connectivity index (χ0v) is 25.3. The van der Waals surface area contributed by atoms with Crippen LogP contribution in [0.4, 0.5) is 0 Å². The van der Waals surface area contributed by atoms with Gasteiger partial charge in [-0.25, -0.2) is 0 Å². The van der Waals surface area contributed by atoms with E-state index in [4.69, 9.17) is 0 Å². The average Bonchev–Trinajstić information content (AvgIpc) is 3.14. The van der Waals surface area contributed by atoms with Crippen LogP contribution in [0.1, 0.15) is 0 Å². The van der Waals surface area contributed by atoms with Gasteiger partial charge in [-0.1, -0.05) is 176 Å². The van der Waals surface area contributed by atoms with Crippen molar-refractivity contribution in [3.8, 4) is 44.5 Å². The van der Waals surface area contributed by atoms with Crippen molar-refractivity contribution in [2.75, 3.05) is 0 Å². The third kappa shape index (κ3) is 4.30. The van der Waals surface area contributed by atoms with Crippen LogP contribution >= 0.6 is 0 Å². The molecule has 0 spiro atoms. The van der Waals surface area contributed by atoms with Crippen LogP contribution in [-0.2, 0) is 0 Å². The van der Waals surface area contributed by atoms with Gasteiger partial charge in [0.1, 0.15) is 0 Å². The Morgan fingerprint density at radius 2 is 0.609 bits per heavy atom. The van der Waals surface area contributed by atoms with Crippen LogP contribution in [0, 0.1) is 0 Å². The Morgan fingerprint density at radius 3 is 1.30 bits per heavy atom. The molecule has 214 valence electrons. The highest BCUT2D eigenvalue weighted by molar-refractivity contribution is 6.16. The predicted octanol–water partition coefficient (Wildman–Crippen LogP) is 13.0. The fraction of sp³-hybridized carbons (Fsp3) is 0. The number of hydrogen-bond acceptors (Lipinski definition) is 0. The van der Waals surface area contributed by atoms with E-state index in [0.29, 0.717) is 0 Å². The van der Waals surface area contributed by atoms with E-state index in [1.807, 2.05) is 0 Å². The maximum atomic E-state index is 2.37. The van der Waals surface area contributed by atoms with E-state index in [-0.39, 0.29) is 0 Å². The molecule has 0 heterocycles. The molecule has 46 heavy (non-hydrogen) atoms. The lowest BCUT2D eigenvalue weighted by Crippen LogP contribution is -1.91. The Balaban J connectivity index is 1.19. The van der Waals surface area contributed by atoms with Gasteiger partial charge in [0.05, 0.1) is 0 Å². The quantitative estimate of drug-likeness (QED) is 0.181. The van der Waals surface area contributed by atoms with E-state index < -0.39 is 0 Å². The largest absolute Gasteiger partial charge is 0.0616 e. The zero-order chi connectivity index (χ0) is 30.5. The predicted molar refractivity (Wildman–Crippen MR) is 198 cm³/mol. The maximum absolute atomic E-state index is 2.37. The van der Waals surface area contributed by atoms with Crippen LogP contribution in [0.5, 0.6) is 0 Å². The summed E-state index contributed by atoms with van der Waals surface area (Å²) in [7, 11) is 0. The standard InChI is InChI=1S/C46H30/c1-3-15-35-31(12-1)14-11-23-36(35)32-24-26-33(27-25-32)38-28-29-45(41-19-7-5-18-40(38)41)42-20-8-10-22-44(42)46-30-34-13-2-4-16-37(34)39-17-6-9-21-43(39)46/h1-30H. The fourth-order valence-electron chi connectivity index (χ4n) is 7.32. The van der Waals surface area contributed by atoms with Crippen molar-refractivity contribution in [1.82, 2.24) is 0 Å². The molecule has 0 amide bonds. The third-order valence-electron chi connectivity index (χ3n) is 9.50. The van der Waals surface area contributed by atoms with Gasteiger partial charge in [-0.15, -0.1) is 0 Å². The van der Waals surface area contributed by atoms with Crippen LogP contribution in [0.3, 0.4) is 0 Å². The van der Waals surface area contributed by atoms with Crippen molar-refractivity contribution in [3.05, 3.63) is 182 Å². The molecule has 0 atom stereocenters. The summed E-state index contributed by atoms with van der Waals surface area (Å²) in [5, 5.41) is 10.2. The van der Waals surface area contributed by atoms with E-state index in [9.17, 15) is 0 Å². The summed E-state index contributed by atoms with van der Waals surface area (Å²) >= 11 is 0. The lowest BCUT2D eigenvalue weighted by Gasteiger charge is -2.17. The summed E-state index contributed by atoms with van der Waals surface area (Å²) in [4.78, 5) is 0. The lowest BCUT2D eigenvalue weighted by atomic mass is 9.86. The average molecular weight is 583 g/mol. The van der Waals surface area contributed by atoms with Crippen LogP contribution < -0.4 is 0 Å². The molecular weight excluding hydrogens is 553 g/mol. The molecule has 0 aliphatic heterocycles. The minimum absolute atomic E-state index is 1.22. The van der Waals surface area contributed by atoms with Gasteiger partial charge in [0.2, 0.25) is 0 Å². The van der Waals surface area contributed by atoms with Gasteiger partial charge in [0.15, 0.2) is 0 Å². The number of rotatable bonds is 4. The molecule has 0 saturated carbocycles. The Bertz CT molecular complexity index is 2560. The highest BCUT2D eigenvalue weighted by Crippen LogP contribution is 2.43. The fourth-order valence-corrected chi connectivity index (χ4v) is 7.32. The first-order valence-electron chi connectivity index (χ1n) is 15.9. The van der Waals surface area contributed by atoms with Gasteiger partial charge in [-0.3, -0.25) is 0 Å². The van der Waals surface area contributed by atoms with Gasteiger partial charge < -0.3 is 0 Å². The number of benzene rings is 9. The molecule has 0 N–H and O–H groups in total. The Morgan fingerprint density at radius 1 is 0.196 bits per heavy atom. The van der Waals surface area contributed by atoms with Gasteiger partial charge in [0, 0.05) is 0 Å². The summed E-state index contributed by atoms with van der Waals surface area (Å²) in [5.74, 6) is 0. The highest BCUT2D eigenvalue weighted by Gasteiger charge is 2.16. The summed E-state index contributed by atoms with van der Waals surface area (Å²) in [6.07, 6.45) is 0. The van der Waals surface area contributed by atoms with E-state index in [2.05, 4.69) is 182 Å². The Kier molecular flexibility index (Phi) is 6.25. The lowest BCUT2D eigenvalue weighted by molar-refractivity contribution is 1.60. The zero-order valence-electron chi connectivity index (χ0n) is 25.3. The summed E-state index contributed by atoms with van der Waals surface area (Å²) in [5.41, 5.74) is 9.99. The van der Waals surface area contributed by atoms with E-state index in [0.717, 1.165) is 0 Å². The monoisotopic (exact) mass is 582 g/mol. The van der Waals surface area contributed by atoms with Crippen molar-refractivity contribution >= 4 is 43.1 Å². The first-order chi connectivity index (χ1) is 22.8. The molecule has 0 bridgehead atoms. The first kappa shape index (κ1) is 26.4. The van der Waals surface area contributed by atoms with Crippen LogP contribution in [-0.4, -0.2) is 0 Å². The first-order valence-corrected chi connectivity index (χ1v) is 15.9. The molecule has 0 saturated heterocycles. The van der Waals surface area contributed by atoms with E-state index in [1.165, 1.54) is 87.6 Å². The van der Waals surface area contributed by atoms with Crippen molar-refractivity contribution in [3.63, 3.8) is 0 Å². The van der Waals surface area contributed by atoms with Gasteiger partial charge in [-0.05, 0) is 93.7 Å². The molecule has 0 aromatic heterocycles. The molecule has 0 nitrogen and oxygen atoms in total. The van der Waals surface area contributed by atoms with Crippen molar-refractivity contribution in [2.24, 2.45) is 0 Å². The summed E-state index contributed by atoms with van der Waals surface area (Å²) in [6.45, 7) is 0. The maximum Gasteiger partial charge on any atom is -0.00928 e. The smallest absolute Gasteiger partial charge is 0.00928 e. The van der Waals surface area contributed by atoms with Crippen LogP contribution in [0.2, 0.25) is 0 Å². The van der Waals surface area contributed by atoms with Gasteiger partial charge in [-0.2, -0.15) is 0 Å². The molecule has 0 heteroatoms. The molecule has 0 unspecified atom stereocenters. The van der Waals surface area contributed by atoms with Crippen LogP contribution in [0.25, 0.3) is 87.6 Å². The molecule has 9 aromatic carbocycles. The Hall–Kier alpha value is -5.98. The van der Waals surface area contributed by atoms with E-state index in [1.54, 1.807) is 0 Å². The van der Waals surface area contributed by atoms with Gasteiger partial charge in [0.25, 0.3) is 0 Å². The molecular formula is C46H30. The molecule has 0 fully saturated rings. The SMILES string of the molecule is c1ccc(-c2cc3ccccc3c3ccccc23)c(-c2ccc(-c3ccc(-c4cccc5ccccc45)cc3)c3ccccc23)c1. The third-order valence-corrected chi connectivity index (χ3v) is 9.50. The highest BCUT2D eigenvalue weighted by atomic mass is 14.2. The minimum Gasteiger partial charge on any atom is -0.0616 e. The van der Waals surface area contributed by atoms with Crippen molar-refractivity contribution in [1.29, 1.82) is 0 Å². The second-order valence-corrected chi connectivity index (χ2v) is 12.0. The normalized spacial score (nSPS) is 11.5. The van der Waals surface area contributed by atoms with E-state index >= 15 is 0 Å². The molecule has 0 radical (unpaired) electrons. The molecule has 9 rings (SSSR count). The van der Waals surface area contributed by atoms with Crippen LogP contribution in [0.15, 0.2) is 182 Å². The molecule has 0 aliphatic rings. The van der Waals surface area contributed by atoms with Gasteiger partial charge >= 0.3 is 0 Å². The van der Waals surface area contributed by atoms with Crippen molar-refractivity contribution in [2.45, 2.75) is 0 Å². The second-order valence-electron chi connectivity index (χ2n) is 12.0. The second kappa shape index (κ2) is 10.9.